The second-order valence-corrected chi connectivity index (χ2v) is 10.9. The first-order chi connectivity index (χ1) is 24.3. The summed E-state index contributed by atoms with van der Waals surface area (Å²) in [6, 6.07) is 17.5. The van der Waals surface area contributed by atoms with E-state index in [1.807, 2.05) is 0 Å². The Labute approximate surface area is 293 Å². The standard InChI is InChI=1S/C40H42O10/c1-4-30-27-35(49-39(43)31-15-19-33(20-16-31)45-23-11-7-9-13-25-47-37(41)5-2)29-36(28-30)50-40(44)32-17-21-34(22-18-32)46-24-12-8-10-14-26-48-38(42)6-3/h1,5-6,15-22,27-29H,2-3,7-14,23-26H2. The van der Waals surface area contributed by atoms with Gasteiger partial charge in [-0.3, -0.25) is 0 Å². The second kappa shape index (κ2) is 21.9. The van der Waals surface area contributed by atoms with Crippen molar-refractivity contribution in [1.29, 1.82) is 0 Å². The number of benzene rings is 3. The zero-order valence-electron chi connectivity index (χ0n) is 28.1. The molecule has 10 nitrogen and oxygen atoms in total. The molecule has 0 saturated carbocycles. The predicted octanol–water partition coefficient (Wildman–Crippen LogP) is 7.44. The zero-order chi connectivity index (χ0) is 36.0. The first-order valence-electron chi connectivity index (χ1n) is 16.4. The highest BCUT2D eigenvalue weighted by atomic mass is 16.6. The van der Waals surface area contributed by atoms with Crippen LogP contribution in [0.5, 0.6) is 23.0 Å². The lowest BCUT2D eigenvalue weighted by molar-refractivity contribution is -0.138. The third-order valence-corrected chi connectivity index (χ3v) is 7.08. The molecule has 10 heteroatoms. The molecule has 0 N–H and O–H groups in total. The van der Waals surface area contributed by atoms with Crippen LogP contribution in [0.3, 0.4) is 0 Å². The van der Waals surface area contributed by atoms with Crippen LogP contribution in [0, 0.1) is 12.3 Å². The van der Waals surface area contributed by atoms with Gasteiger partial charge < -0.3 is 28.4 Å². The Balaban J connectivity index is 1.42. The molecule has 0 atom stereocenters. The van der Waals surface area contributed by atoms with Gasteiger partial charge in [-0.15, -0.1) is 6.42 Å². The highest BCUT2D eigenvalue weighted by Gasteiger charge is 2.14. The molecule has 262 valence electrons. The fraction of sp³-hybridized carbons (Fsp3) is 0.300. The van der Waals surface area contributed by atoms with Crippen molar-refractivity contribution < 1.29 is 47.6 Å². The van der Waals surface area contributed by atoms with E-state index < -0.39 is 23.9 Å². The van der Waals surface area contributed by atoms with Gasteiger partial charge in [0.1, 0.15) is 23.0 Å². The third kappa shape index (κ3) is 14.5. The predicted molar refractivity (Wildman–Crippen MR) is 187 cm³/mol. The van der Waals surface area contributed by atoms with Crippen molar-refractivity contribution in [3.05, 3.63) is 109 Å². The van der Waals surface area contributed by atoms with Gasteiger partial charge in [0.25, 0.3) is 0 Å². The van der Waals surface area contributed by atoms with E-state index in [9.17, 15) is 19.2 Å². The van der Waals surface area contributed by atoms with Crippen molar-refractivity contribution >= 4 is 23.9 Å². The van der Waals surface area contributed by atoms with Gasteiger partial charge in [-0.1, -0.05) is 19.1 Å². The van der Waals surface area contributed by atoms with Gasteiger partial charge in [0.15, 0.2) is 0 Å². The van der Waals surface area contributed by atoms with E-state index in [2.05, 4.69) is 19.1 Å². The van der Waals surface area contributed by atoms with Crippen molar-refractivity contribution in [2.24, 2.45) is 0 Å². The molecule has 0 fully saturated rings. The summed E-state index contributed by atoms with van der Waals surface area (Å²) in [6.07, 6.45) is 14.8. The Morgan fingerprint density at radius 2 is 0.920 bits per heavy atom. The number of ether oxygens (including phenoxy) is 6. The van der Waals surface area contributed by atoms with Crippen molar-refractivity contribution in [3.63, 3.8) is 0 Å². The molecule has 50 heavy (non-hydrogen) atoms. The molecule has 0 saturated heterocycles. The topological polar surface area (TPSA) is 124 Å². The number of hydrogen-bond donors (Lipinski definition) is 0. The van der Waals surface area contributed by atoms with Crippen LogP contribution in [0.2, 0.25) is 0 Å². The average molecular weight is 683 g/mol. The van der Waals surface area contributed by atoms with Crippen LogP contribution >= 0.6 is 0 Å². The van der Waals surface area contributed by atoms with Gasteiger partial charge in [-0.2, -0.15) is 0 Å². The Hall–Kier alpha value is -5.82. The first kappa shape index (κ1) is 38.6. The Morgan fingerprint density at radius 1 is 0.540 bits per heavy atom. The van der Waals surface area contributed by atoms with Gasteiger partial charge in [-0.25, -0.2) is 19.2 Å². The minimum Gasteiger partial charge on any atom is -0.494 e. The van der Waals surface area contributed by atoms with Gasteiger partial charge in [0, 0.05) is 23.8 Å². The molecule has 0 spiro atoms. The largest absolute Gasteiger partial charge is 0.494 e. The highest BCUT2D eigenvalue weighted by molar-refractivity contribution is 5.92. The van der Waals surface area contributed by atoms with Crippen molar-refractivity contribution in [2.45, 2.75) is 51.4 Å². The molecule has 3 aromatic rings. The van der Waals surface area contributed by atoms with E-state index >= 15 is 0 Å². The molecule has 0 aromatic heterocycles. The number of terminal acetylenes is 1. The average Bonchev–Trinajstić information content (AvgIpc) is 3.13. The summed E-state index contributed by atoms with van der Waals surface area (Å²) in [4.78, 5) is 47.8. The lowest BCUT2D eigenvalue weighted by Crippen LogP contribution is -2.11. The number of carbonyl (C=O) groups is 4. The lowest BCUT2D eigenvalue weighted by atomic mass is 10.2. The third-order valence-electron chi connectivity index (χ3n) is 7.08. The quantitative estimate of drug-likeness (QED) is 0.0347. The molecular weight excluding hydrogens is 640 g/mol. The lowest BCUT2D eigenvalue weighted by Gasteiger charge is -2.10. The summed E-state index contributed by atoms with van der Waals surface area (Å²) < 4.78 is 32.5. The molecule has 3 aromatic carbocycles. The van der Waals surface area contributed by atoms with Crippen LogP contribution in [0.1, 0.15) is 77.6 Å². The molecule has 0 aliphatic carbocycles. The van der Waals surface area contributed by atoms with Crippen molar-refractivity contribution in [3.8, 4) is 35.3 Å². The van der Waals surface area contributed by atoms with Gasteiger partial charge in [-0.05, 0) is 112 Å². The molecule has 0 radical (unpaired) electrons. The maximum Gasteiger partial charge on any atom is 0.343 e. The van der Waals surface area contributed by atoms with Gasteiger partial charge >= 0.3 is 23.9 Å². The normalized spacial score (nSPS) is 10.2. The summed E-state index contributed by atoms with van der Waals surface area (Å²) in [7, 11) is 0. The molecule has 0 aliphatic heterocycles. The smallest absolute Gasteiger partial charge is 0.343 e. The maximum atomic E-state index is 12.9. The van der Waals surface area contributed by atoms with Crippen LogP contribution in [0.25, 0.3) is 0 Å². The molecule has 3 rings (SSSR count). The fourth-order valence-corrected chi connectivity index (χ4v) is 4.44. The van der Waals surface area contributed by atoms with E-state index in [1.54, 1.807) is 48.5 Å². The molecule has 0 aliphatic rings. The van der Waals surface area contributed by atoms with Crippen molar-refractivity contribution in [2.75, 3.05) is 26.4 Å². The molecular formula is C40H42O10. The Kier molecular flexibility index (Phi) is 16.9. The van der Waals surface area contributed by atoms with E-state index in [-0.39, 0.29) is 11.5 Å². The maximum absolute atomic E-state index is 12.9. The Morgan fingerprint density at radius 3 is 1.28 bits per heavy atom. The molecule has 0 heterocycles. The van der Waals surface area contributed by atoms with E-state index in [1.165, 1.54) is 18.2 Å². The summed E-state index contributed by atoms with van der Waals surface area (Å²) >= 11 is 0. The number of rotatable bonds is 22. The molecule has 0 amide bonds. The number of unbranched alkanes of at least 4 members (excludes halogenated alkanes) is 6. The highest BCUT2D eigenvalue weighted by Crippen LogP contribution is 2.25. The van der Waals surface area contributed by atoms with E-state index in [4.69, 9.17) is 34.8 Å². The van der Waals surface area contributed by atoms with Crippen LogP contribution in [-0.4, -0.2) is 50.3 Å². The van der Waals surface area contributed by atoms with E-state index in [0.29, 0.717) is 54.6 Å². The number of carbonyl (C=O) groups excluding carboxylic acids is 4. The zero-order valence-corrected chi connectivity index (χ0v) is 28.1. The summed E-state index contributed by atoms with van der Waals surface area (Å²) in [5.41, 5.74) is 0.955. The van der Waals surface area contributed by atoms with Crippen molar-refractivity contribution in [1.82, 2.24) is 0 Å². The molecule has 0 bridgehead atoms. The molecule has 0 unspecified atom stereocenters. The first-order valence-corrected chi connectivity index (χ1v) is 16.4. The van der Waals surface area contributed by atoms with Crippen LogP contribution in [0.15, 0.2) is 92.0 Å². The number of hydrogen-bond acceptors (Lipinski definition) is 10. The van der Waals surface area contributed by atoms with Crippen LogP contribution < -0.4 is 18.9 Å². The fourth-order valence-electron chi connectivity index (χ4n) is 4.44. The van der Waals surface area contributed by atoms with Crippen LogP contribution in [0.4, 0.5) is 0 Å². The van der Waals surface area contributed by atoms with Crippen LogP contribution in [-0.2, 0) is 19.1 Å². The Bertz CT molecular complexity index is 1510. The van der Waals surface area contributed by atoms with Gasteiger partial charge in [0.2, 0.25) is 0 Å². The summed E-state index contributed by atoms with van der Waals surface area (Å²) in [5.74, 6) is 1.87. The van der Waals surface area contributed by atoms with E-state index in [0.717, 1.165) is 63.5 Å². The van der Waals surface area contributed by atoms with Gasteiger partial charge in [0.05, 0.1) is 37.6 Å². The number of esters is 4. The summed E-state index contributed by atoms with van der Waals surface area (Å²) in [6.45, 7) is 8.48. The minimum absolute atomic E-state index is 0.120. The monoisotopic (exact) mass is 682 g/mol. The minimum atomic E-state index is -0.621. The SMILES string of the molecule is C#Cc1cc(OC(=O)c2ccc(OCCCCCCOC(=O)C=C)cc2)cc(OC(=O)c2ccc(OCCCCCCOC(=O)C=C)cc2)c1. The summed E-state index contributed by atoms with van der Waals surface area (Å²) in [5, 5.41) is 0. The second-order valence-electron chi connectivity index (χ2n) is 10.9.